The highest BCUT2D eigenvalue weighted by molar-refractivity contribution is 5.71. The van der Waals surface area contributed by atoms with Crippen molar-refractivity contribution in [3.63, 3.8) is 0 Å². The number of hydrogen-bond acceptors (Lipinski definition) is 6. The lowest BCUT2D eigenvalue weighted by Gasteiger charge is -2.18. The molecule has 0 amide bonds. The molecule has 0 aliphatic heterocycles. The van der Waals surface area contributed by atoms with Crippen LogP contribution in [-0.4, -0.2) is 37.2 Å². The quantitative estimate of drug-likeness (QED) is 0.0261. The van der Waals surface area contributed by atoms with E-state index in [1.807, 2.05) is 6.08 Å². The maximum atomic E-state index is 12.8. The summed E-state index contributed by atoms with van der Waals surface area (Å²) >= 11 is 0. The van der Waals surface area contributed by atoms with Gasteiger partial charge in [-0.2, -0.15) is 0 Å². The average Bonchev–Trinajstić information content (AvgIpc) is 3.43. The van der Waals surface area contributed by atoms with E-state index in [-0.39, 0.29) is 37.5 Å². The highest BCUT2D eigenvalue weighted by Crippen LogP contribution is 2.18. The molecule has 446 valence electrons. The number of ether oxygens (including phenoxy) is 3. The first-order valence-corrected chi connectivity index (χ1v) is 33.4. The molecule has 0 radical (unpaired) electrons. The number of carbonyl (C=O) groups excluding carboxylic acids is 3. The van der Waals surface area contributed by atoms with E-state index < -0.39 is 6.10 Å². The summed E-state index contributed by atoms with van der Waals surface area (Å²) in [6, 6.07) is 0. The molecule has 0 rings (SSSR count). The van der Waals surface area contributed by atoms with E-state index in [1.54, 1.807) is 0 Å². The standard InChI is InChI=1S/C71H126O6/c1-4-7-10-13-16-19-22-24-25-26-27-28-29-30-31-32-33-34-35-36-37-38-39-40-41-42-43-44-45-47-49-52-55-58-61-64-70(73)76-67-68(66-75-69(72)63-60-57-54-51-48-21-18-15-12-9-6-3)77-71(74)65-62-59-56-53-50-46-23-20-17-14-11-8-5-2/h8,11,17,20,22,24,26-27,46,50,56,59,68H,4-7,9-10,12-16,18-19,21,23,25,28-45,47-49,51-55,57-58,60-67H2,1-3H3/b11-8-,20-17-,24-22-,27-26-,50-46-,59-56-. The summed E-state index contributed by atoms with van der Waals surface area (Å²) < 4.78 is 16.8. The Balaban J connectivity index is 4.03. The summed E-state index contributed by atoms with van der Waals surface area (Å²) in [5.74, 6) is -0.968. The van der Waals surface area contributed by atoms with E-state index in [1.165, 1.54) is 225 Å². The Bertz CT molecular complexity index is 1420. The zero-order valence-corrected chi connectivity index (χ0v) is 51.2. The van der Waals surface area contributed by atoms with E-state index in [4.69, 9.17) is 14.2 Å². The third kappa shape index (κ3) is 63.6. The predicted octanol–water partition coefficient (Wildman–Crippen LogP) is 22.9. The lowest BCUT2D eigenvalue weighted by molar-refractivity contribution is -0.166. The van der Waals surface area contributed by atoms with Crippen molar-refractivity contribution >= 4 is 17.9 Å². The minimum Gasteiger partial charge on any atom is -0.462 e. The maximum Gasteiger partial charge on any atom is 0.306 e. The van der Waals surface area contributed by atoms with Gasteiger partial charge in [0.05, 0.1) is 0 Å². The van der Waals surface area contributed by atoms with Gasteiger partial charge >= 0.3 is 17.9 Å². The zero-order chi connectivity index (χ0) is 55.7. The minimum absolute atomic E-state index is 0.0994. The van der Waals surface area contributed by atoms with Crippen LogP contribution >= 0.6 is 0 Å². The zero-order valence-electron chi connectivity index (χ0n) is 51.2. The van der Waals surface area contributed by atoms with Crippen molar-refractivity contribution in [1.82, 2.24) is 0 Å². The summed E-state index contributed by atoms with van der Waals surface area (Å²) in [5, 5.41) is 0. The van der Waals surface area contributed by atoms with Crippen molar-refractivity contribution in [3.8, 4) is 0 Å². The van der Waals surface area contributed by atoms with Crippen molar-refractivity contribution in [2.75, 3.05) is 13.2 Å². The first-order valence-electron chi connectivity index (χ1n) is 33.4. The van der Waals surface area contributed by atoms with Gasteiger partial charge in [0, 0.05) is 19.3 Å². The van der Waals surface area contributed by atoms with Crippen LogP contribution in [-0.2, 0) is 28.6 Å². The molecule has 6 nitrogen and oxygen atoms in total. The van der Waals surface area contributed by atoms with Gasteiger partial charge in [0.15, 0.2) is 6.10 Å². The van der Waals surface area contributed by atoms with Crippen molar-refractivity contribution in [1.29, 1.82) is 0 Å². The molecule has 1 atom stereocenters. The molecule has 0 aromatic heterocycles. The van der Waals surface area contributed by atoms with Crippen LogP contribution in [0.1, 0.15) is 342 Å². The van der Waals surface area contributed by atoms with Crippen LogP contribution in [0, 0.1) is 0 Å². The molecule has 0 fully saturated rings. The number of allylic oxidation sites excluding steroid dienone is 12. The largest absolute Gasteiger partial charge is 0.462 e. The smallest absolute Gasteiger partial charge is 0.306 e. The van der Waals surface area contributed by atoms with Crippen LogP contribution in [0.2, 0.25) is 0 Å². The van der Waals surface area contributed by atoms with Crippen LogP contribution in [0.15, 0.2) is 72.9 Å². The molecule has 6 heteroatoms. The lowest BCUT2D eigenvalue weighted by Crippen LogP contribution is -2.30. The molecule has 1 unspecified atom stereocenters. The van der Waals surface area contributed by atoms with Gasteiger partial charge in [0.1, 0.15) is 13.2 Å². The Morgan fingerprint density at radius 2 is 0.532 bits per heavy atom. The molecular weight excluding hydrogens is 949 g/mol. The van der Waals surface area contributed by atoms with Gasteiger partial charge in [-0.3, -0.25) is 14.4 Å². The fourth-order valence-corrected chi connectivity index (χ4v) is 9.73. The monoisotopic (exact) mass is 1070 g/mol. The second-order valence-corrected chi connectivity index (χ2v) is 22.4. The van der Waals surface area contributed by atoms with Crippen LogP contribution < -0.4 is 0 Å². The Kier molecular flexibility index (Phi) is 62.7. The fraction of sp³-hybridized carbons (Fsp3) is 0.789. The summed E-state index contributed by atoms with van der Waals surface area (Å²) in [6.07, 6.45) is 85.4. The van der Waals surface area contributed by atoms with Gasteiger partial charge in [-0.15, -0.1) is 0 Å². The average molecular weight is 1080 g/mol. The Hall–Kier alpha value is -3.15. The topological polar surface area (TPSA) is 78.9 Å². The molecule has 0 N–H and O–H groups in total. The van der Waals surface area contributed by atoms with Crippen LogP contribution in [0.5, 0.6) is 0 Å². The van der Waals surface area contributed by atoms with Crippen molar-refractivity contribution in [2.45, 2.75) is 348 Å². The fourth-order valence-electron chi connectivity index (χ4n) is 9.73. The number of esters is 3. The first kappa shape index (κ1) is 73.8. The van der Waals surface area contributed by atoms with Gasteiger partial charge in [-0.05, 0) is 77.0 Å². The predicted molar refractivity (Wildman–Crippen MR) is 335 cm³/mol. The molecule has 0 heterocycles. The summed E-state index contributed by atoms with van der Waals surface area (Å²) in [4.78, 5) is 38.1. The SMILES string of the molecule is CC/C=C\C/C=C\C/C=C\C/C=C\CCC(=O)OC(COC(=O)CCCCCCCCCCCCC)COC(=O)CCCCCCCCCCCCCCCCCCCCCCCCC/C=C\C/C=C\CCCCCCC. The van der Waals surface area contributed by atoms with Gasteiger partial charge in [-0.25, -0.2) is 0 Å². The van der Waals surface area contributed by atoms with E-state index in [2.05, 4.69) is 87.6 Å². The third-order valence-electron chi connectivity index (χ3n) is 14.7. The Morgan fingerprint density at radius 3 is 0.844 bits per heavy atom. The van der Waals surface area contributed by atoms with E-state index in [0.29, 0.717) is 19.3 Å². The molecule has 0 aromatic carbocycles. The number of hydrogen-bond donors (Lipinski definition) is 0. The normalized spacial score (nSPS) is 12.5. The number of rotatable bonds is 61. The highest BCUT2D eigenvalue weighted by Gasteiger charge is 2.19. The second-order valence-electron chi connectivity index (χ2n) is 22.4. The lowest BCUT2D eigenvalue weighted by atomic mass is 10.0. The molecule has 0 aliphatic carbocycles. The maximum absolute atomic E-state index is 12.8. The third-order valence-corrected chi connectivity index (χ3v) is 14.7. The summed E-state index contributed by atoms with van der Waals surface area (Å²) in [6.45, 7) is 6.48. The minimum atomic E-state index is -0.809. The molecule has 0 bridgehead atoms. The van der Waals surface area contributed by atoms with E-state index in [9.17, 15) is 14.4 Å². The van der Waals surface area contributed by atoms with E-state index in [0.717, 1.165) is 70.6 Å². The molecule has 0 spiro atoms. The van der Waals surface area contributed by atoms with Crippen LogP contribution in [0.25, 0.3) is 0 Å². The van der Waals surface area contributed by atoms with Crippen LogP contribution in [0.4, 0.5) is 0 Å². The van der Waals surface area contributed by atoms with Gasteiger partial charge in [-0.1, -0.05) is 318 Å². The molecular formula is C71H126O6. The Morgan fingerprint density at radius 1 is 0.273 bits per heavy atom. The molecule has 77 heavy (non-hydrogen) atoms. The number of unbranched alkanes of at least 4 members (excludes halogenated alkanes) is 38. The second kappa shape index (κ2) is 65.4. The summed E-state index contributed by atoms with van der Waals surface area (Å²) in [7, 11) is 0. The first-order chi connectivity index (χ1) is 38.0. The van der Waals surface area contributed by atoms with Crippen molar-refractivity contribution in [3.05, 3.63) is 72.9 Å². The van der Waals surface area contributed by atoms with Crippen molar-refractivity contribution in [2.24, 2.45) is 0 Å². The molecule has 0 aliphatic rings. The highest BCUT2D eigenvalue weighted by atomic mass is 16.6. The van der Waals surface area contributed by atoms with Gasteiger partial charge in [0.25, 0.3) is 0 Å². The van der Waals surface area contributed by atoms with E-state index >= 15 is 0 Å². The van der Waals surface area contributed by atoms with Crippen LogP contribution in [0.3, 0.4) is 0 Å². The molecule has 0 aromatic rings. The summed E-state index contributed by atoms with van der Waals surface area (Å²) in [5.41, 5.74) is 0. The Labute approximate surface area is 478 Å². The molecule has 0 saturated heterocycles. The molecule has 0 saturated carbocycles. The van der Waals surface area contributed by atoms with Crippen molar-refractivity contribution < 1.29 is 28.6 Å². The van der Waals surface area contributed by atoms with Gasteiger partial charge in [0.2, 0.25) is 0 Å². The number of carbonyl (C=O) groups is 3. The van der Waals surface area contributed by atoms with Gasteiger partial charge < -0.3 is 14.2 Å².